The lowest BCUT2D eigenvalue weighted by atomic mass is 10.0. The Kier molecular flexibility index (Phi) is 9.80. The number of aromatic nitrogens is 3. The number of allylic oxidation sites excluding steroid dienone is 2. The number of nitrogens with zero attached hydrogens (tertiary/aromatic N) is 3. The van der Waals surface area contributed by atoms with Crippen LogP contribution in [0.5, 0.6) is 0 Å². The highest BCUT2D eigenvalue weighted by molar-refractivity contribution is 5.82. The van der Waals surface area contributed by atoms with Crippen molar-refractivity contribution in [2.24, 2.45) is 0 Å². The van der Waals surface area contributed by atoms with Gasteiger partial charge in [0.25, 0.3) is 0 Å². The maximum atomic E-state index is 13.3. The summed E-state index contributed by atoms with van der Waals surface area (Å²) in [4.78, 5) is 4.41. The molecule has 1 aromatic carbocycles. The molecule has 0 aliphatic rings. The number of aryl methyl sites for hydroxylation is 1. The van der Waals surface area contributed by atoms with Crippen LogP contribution in [0.1, 0.15) is 69.1 Å². The van der Waals surface area contributed by atoms with Crippen molar-refractivity contribution in [1.29, 1.82) is 0 Å². The molecule has 0 aliphatic carbocycles. The predicted octanol–water partition coefficient (Wildman–Crippen LogP) is 7.43. The minimum Gasteiger partial charge on any atom is -0.378 e. The molecule has 33 heavy (non-hydrogen) atoms. The van der Waals surface area contributed by atoms with Gasteiger partial charge in [0.05, 0.1) is 23.6 Å². The van der Waals surface area contributed by atoms with Gasteiger partial charge in [0.15, 0.2) is 0 Å². The minimum atomic E-state index is -0.283. The number of pyridine rings is 1. The van der Waals surface area contributed by atoms with Gasteiger partial charge in [0, 0.05) is 28.7 Å². The first kappa shape index (κ1) is 25.8. The second kappa shape index (κ2) is 12.5. The molecule has 3 rings (SSSR count). The van der Waals surface area contributed by atoms with E-state index in [9.17, 15) is 4.39 Å². The van der Waals surface area contributed by atoms with E-state index in [1.54, 1.807) is 29.1 Å². The summed E-state index contributed by atoms with van der Waals surface area (Å²) in [5, 5.41) is 8.04. The zero-order valence-electron chi connectivity index (χ0n) is 20.4. The molecule has 0 saturated heterocycles. The van der Waals surface area contributed by atoms with Gasteiger partial charge in [-0.3, -0.25) is 4.98 Å². The van der Waals surface area contributed by atoms with Crippen LogP contribution < -0.4 is 5.32 Å². The van der Waals surface area contributed by atoms with E-state index in [0.29, 0.717) is 0 Å². The molecule has 2 heterocycles. The summed E-state index contributed by atoms with van der Waals surface area (Å²) >= 11 is 0. The van der Waals surface area contributed by atoms with Crippen molar-refractivity contribution < 1.29 is 4.39 Å². The molecular weight excluding hydrogens is 411 g/mol. The van der Waals surface area contributed by atoms with E-state index in [0.717, 1.165) is 45.9 Å². The summed E-state index contributed by atoms with van der Waals surface area (Å²) in [5.74, 6) is -0.283. The number of rotatable bonds is 8. The first-order valence-corrected chi connectivity index (χ1v) is 11.4. The lowest BCUT2D eigenvalue weighted by Gasteiger charge is -2.22. The van der Waals surface area contributed by atoms with Gasteiger partial charge in [0.2, 0.25) is 0 Å². The number of benzene rings is 1. The fourth-order valence-electron chi connectivity index (χ4n) is 3.44. The van der Waals surface area contributed by atoms with Crippen molar-refractivity contribution in [2.45, 2.75) is 53.5 Å². The number of hydrogen-bond acceptors (Lipinski definition) is 3. The van der Waals surface area contributed by atoms with Crippen LogP contribution in [-0.4, -0.2) is 14.8 Å². The van der Waals surface area contributed by atoms with Crippen molar-refractivity contribution in [3.8, 4) is 5.69 Å². The summed E-state index contributed by atoms with van der Waals surface area (Å²) in [6.07, 6.45) is 9.60. The van der Waals surface area contributed by atoms with Crippen molar-refractivity contribution >= 4 is 11.6 Å². The van der Waals surface area contributed by atoms with Crippen LogP contribution in [-0.2, 0) is 0 Å². The Morgan fingerprint density at radius 2 is 1.79 bits per heavy atom. The Hall–Kier alpha value is -3.47. The fraction of sp³-hybridized carbons (Fsp3) is 0.286. The first-order valence-electron chi connectivity index (χ1n) is 11.4. The Morgan fingerprint density at radius 3 is 2.30 bits per heavy atom. The van der Waals surface area contributed by atoms with E-state index in [2.05, 4.69) is 55.4 Å². The quantitative estimate of drug-likeness (QED) is 0.366. The molecular formula is C28H35FN4. The van der Waals surface area contributed by atoms with Gasteiger partial charge in [-0.2, -0.15) is 5.10 Å². The smallest absolute Gasteiger partial charge is 0.123 e. The Labute approximate surface area is 197 Å². The van der Waals surface area contributed by atoms with Crippen LogP contribution in [0.2, 0.25) is 0 Å². The lowest BCUT2D eigenvalue weighted by molar-refractivity contribution is 0.588. The van der Waals surface area contributed by atoms with Gasteiger partial charge >= 0.3 is 0 Å². The molecule has 1 unspecified atom stereocenters. The third-order valence-electron chi connectivity index (χ3n) is 5.07. The highest BCUT2D eigenvalue weighted by Crippen LogP contribution is 2.29. The summed E-state index contributed by atoms with van der Waals surface area (Å²) in [6, 6.07) is 10.4. The highest BCUT2D eigenvalue weighted by Gasteiger charge is 2.18. The molecule has 1 atom stereocenters. The van der Waals surface area contributed by atoms with Gasteiger partial charge in [-0.1, -0.05) is 52.5 Å². The zero-order valence-corrected chi connectivity index (χ0v) is 20.4. The van der Waals surface area contributed by atoms with Gasteiger partial charge in [0.1, 0.15) is 5.82 Å². The summed E-state index contributed by atoms with van der Waals surface area (Å²) in [6.45, 7) is 18.6. The van der Waals surface area contributed by atoms with Gasteiger partial charge in [-0.25, -0.2) is 9.07 Å². The molecule has 0 saturated carbocycles. The molecule has 0 bridgehead atoms. The van der Waals surface area contributed by atoms with E-state index in [4.69, 9.17) is 0 Å². The summed E-state index contributed by atoms with van der Waals surface area (Å²) in [5.41, 5.74) is 6.34. The van der Waals surface area contributed by atoms with Crippen LogP contribution in [0.3, 0.4) is 0 Å². The molecule has 0 amide bonds. The second-order valence-electron chi connectivity index (χ2n) is 7.76. The van der Waals surface area contributed by atoms with Crippen molar-refractivity contribution in [3.63, 3.8) is 0 Å². The summed E-state index contributed by atoms with van der Waals surface area (Å²) < 4.78 is 15.1. The van der Waals surface area contributed by atoms with E-state index in [1.807, 2.05) is 32.2 Å². The zero-order chi connectivity index (χ0) is 24.4. The van der Waals surface area contributed by atoms with Gasteiger partial charge < -0.3 is 5.32 Å². The Morgan fingerprint density at radius 1 is 1.12 bits per heavy atom. The highest BCUT2D eigenvalue weighted by atomic mass is 19.1. The van der Waals surface area contributed by atoms with E-state index >= 15 is 0 Å². The van der Waals surface area contributed by atoms with Crippen molar-refractivity contribution in [1.82, 2.24) is 20.1 Å². The third kappa shape index (κ3) is 6.51. The first-order chi connectivity index (χ1) is 15.9. The average Bonchev–Trinajstić information content (AvgIpc) is 3.23. The molecule has 5 heteroatoms. The van der Waals surface area contributed by atoms with Crippen molar-refractivity contribution in [3.05, 3.63) is 102 Å². The molecule has 0 radical (unpaired) electrons. The van der Waals surface area contributed by atoms with Crippen LogP contribution in [0.4, 0.5) is 4.39 Å². The number of nitrogens with one attached hydrogen (secondary N) is 1. The Balaban J connectivity index is 0.00000122. The van der Waals surface area contributed by atoms with E-state index < -0.39 is 0 Å². The van der Waals surface area contributed by atoms with E-state index in [1.165, 1.54) is 18.6 Å². The molecule has 4 nitrogen and oxygen atoms in total. The maximum Gasteiger partial charge on any atom is 0.123 e. The van der Waals surface area contributed by atoms with Crippen LogP contribution in [0, 0.1) is 12.7 Å². The van der Waals surface area contributed by atoms with Crippen LogP contribution in [0.15, 0.2) is 73.7 Å². The monoisotopic (exact) mass is 446 g/mol. The molecule has 2 aromatic heterocycles. The molecule has 0 aliphatic heterocycles. The standard InChI is InChI=1S/C25H27FN4.C3H8/c1-6-22(18(5)29-24(7-2)19-10-9-17(4)27-15-19)23-16-28-30(25(23)8-3)21-13-11-20(26)12-14-21;1-3-2/h6,8-16,24,29H,3,5,7H2,1-2,4H3;3H2,1-2H3/b22-6-;. The summed E-state index contributed by atoms with van der Waals surface area (Å²) in [7, 11) is 0. The number of halogens is 1. The van der Waals surface area contributed by atoms with Gasteiger partial charge in [-0.15, -0.1) is 0 Å². The third-order valence-corrected chi connectivity index (χ3v) is 5.07. The predicted molar refractivity (Wildman–Crippen MR) is 138 cm³/mol. The molecule has 1 N–H and O–H groups in total. The Bertz CT molecular complexity index is 1080. The normalized spacial score (nSPS) is 11.9. The lowest BCUT2D eigenvalue weighted by Crippen LogP contribution is -2.20. The van der Waals surface area contributed by atoms with Crippen LogP contribution in [0.25, 0.3) is 17.3 Å². The molecule has 174 valence electrons. The SMILES string of the molecule is C=Cc1c(/C(=C\C)C(=C)NC(CC)c2ccc(C)nc2)cnn1-c1ccc(F)cc1.CCC. The van der Waals surface area contributed by atoms with Gasteiger partial charge in [-0.05, 0) is 62.2 Å². The van der Waals surface area contributed by atoms with Crippen molar-refractivity contribution in [2.75, 3.05) is 0 Å². The topological polar surface area (TPSA) is 42.7 Å². The molecule has 0 fully saturated rings. The largest absolute Gasteiger partial charge is 0.378 e. The second-order valence-corrected chi connectivity index (χ2v) is 7.76. The minimum absolute atomic E-state index is 0.0971. The van der Waals surface area contributed by atoms with E-state index in [-0.39, 0.29) is 11.9 Å². The fourth-order valence-corrected chi connectivity index (χ4v) is 3.44. The maximum absolute atomic E-state index is 13.3. The molecule has 0 spiro atoms. The average molecular weight is 447 g/mol. The van der Waals surface area contributed by atoms with Crippen LogP contribution >= 0.6 is 0 Å². The number of hydrogen-bond donors (Lipinski definition) is 1. The molecule has 3 aromatic rings.